The van der Waals surface area contributed by atoms with E-state index in [-0.39, 0.29) is 5.88 Å². The molecule has 0 radical (unpaired) electrons. The Hall–Kier alpha value is -2.26. The van der Waals surface area contributed by atoms with Gasteiger partial charge in [0.2, 0.25) is 0 Å². The highest BCUT2D eigenvalue weighted by molar-refractivity contribution is 6.18. The number of nitrogens with zero attached hydrogens (tertiary/aromatic N) is 4. The van der Waals surface area contributed by atoms with Crippen LogP contribution >= 0.6 is 11.6 Å². The number of benzene rings is 1. The maximum atomic E-state index is 10.4. The van der Waals surface area contributed by atoms with Crippen molar-refractivity contribution in [2.45, 2.75) is 43.9 Å². The third kappa shape index (κ3) is 3.22. The first kappa shape index (κ1) is 19.1. The molecule has 1 aliphatic rings. The van der Waals surface area contributed by atoms with Gasteiger partial charge in [0, 0.05) is 0 Å². The van der Waals surface area contributed by atoms with E-state index in [0.717, 1.165) is 5.56 Å². The lowest BCUT2D eigenvalue weighted by Gasteiger charge is -2.27. The number of aliphatic hydroxyl groups excluding tert-OH is 2. The number of halogens is 1. The van der Waals surface area contributed by atoms with Crippen molar-refractivity contribution in [2.75, 3.05) is 11.2 Å². The number of hydrogen-bond acceptors (Lipinski definition) is 7. The standard InChI is InChI=1S/C19H22ClN5O3/c1-19(2,11-6-4-3-5-7-11)24-16-13-17(22-9-21-16)25(10-23-13)18-15(27)14(26)12(8-20)28-18/h3-7,9-10,12,14-15,18,26-27H,8H2,1-2H3,(H,21,22,24)/t12-,14-,15-,18+/m1/s1. The first-order valence-corrected chi connectivity index (χ1v) is 9.54. The molecule has 0 bridgehead atoms. The molecule has 1 saturated heterocycles. The largest absolute Gasteiger partial charge is 0.387 e. The molecule has 8 nitrogen and oxygen atoms in total. The highest BCUT2D eigenvalue weighted by atomic mass is 35.5. The van der Waals surface area contributed by atoms with Gasteiger partial charge in [-0.3, -0.25) is 4.57 Å². The molecule has 0 unspecified atom stereocenters. The van der Waals surface area contributed by atoms with Gasteiger partial charge in [0.05, 0.1) is 17.7 Å². The van der Waals surface area contributed by atoms with Gasteiger partial charge < -0.3 is 20.3 Å². The van der Waals surface area contributed by atoms with Gasteiger partial charge in [0.15, 0.2) is 23.2 Å². The Bertz CT molecular complexity index is 965. The van der Waals surface area contributed by atoms with Gasteiger partial charge in [-0.05, 0) is 19.4 Å². The molecule has 1 fully saturated rings. The van der Waals surface area contributed by atoms with Crippen LogP contribution in [0.2, 0.25) is 0 Å². The molecular formula is C19H22ClN5O3. The molecule has 0 saturated carbocycles. The number of alkyl halides is 1. The summed E-state index contributed by atoms with van der Waals surface area (Å²) in [5.41, 5.74) is 1.75. The number of aromatic nitrogens is 4. The quantitative estimate of drug-likeness (QED) is 0.560. The van der Waals surface area contributed by atoms with Crippen molar-refractivity contribution in [3.05, 3.63) is 48.5 Å². The van der Waals surface area contributed by atoms with Crippen molar-refractivity contribution in [2.24, 2.45) is 0 Å². The van der Waals surface area contributed by atoms with Crippen molar-refractivity contribution in [1.29, 1.82) is 0 Å². The van der Waals surface area contributed by atoms with Crippen molar-refractivity contribution >= 4 is 28.6 Å². The molecule has 148 valence electrons. The van der Waals surface area contributed by atoms with E-state index in [1.807, 2.05) is 30.3 Å². The summed E-state index contributed by atoms with van der Waals surface area (Å²) >= 11 is 5.81. The van der Waals surface area contributed by atoms with E-state index in [9.17, 15) is 10.2 Å². The van der Waals surface area contributed by atoms with Gasteiger partial charge >= 0.3 is 0 Å². The number of anilines is 1. The highest BCUT2D eigenvalue weighted by Crippen LogP contribution is 2.33. The second-order valence-corrected chi connectivity index (χ2v) is 7.67. The molecule has 1 aliphatic heterocycles. The van der Waals surface area contributed by atoms with E-state index >= 15 is 0 Å². The van der Waals surface area contributed by atoms with E-state index < -0.39 is 30.1 Å². The predicted octanol–water partition coefficient (Wildman–Crippen LogP) is 2.03. The third-order valence-electron chi connectivity index (χ3n) is 5.05. The van der Waals surface area contributed by atoms with Crippen molar-refractivity contribution in [3.63, 3.8) is 0 Å². The Labute approximate surface area is 167 Å². The summed E-state index contributed by atoms with van der Waals surface area (Å²) in [4.78, 5) is 13.1. The van der Waals surface area contributed by atoms with Gasteiger partial charge in [-0.1, -0.05) is 30.3 Å². The molecule has 4 atom stereocenters. The molecule has 3 N–H and O–H groups in total. The molecule has 1 aromatic carbocycles. The summed E-state index contributed by atoms with van der Waals surface area (Å²) in [6, 6.07) is 10.0. The molecule has 0 spiro atoms. The minimum atomic E-state index is -1.13. The summed E-state index contributed by atoms with van der Waals surface area (Å²) in [7, 11) is 0. The predicted molar refractivity (Wildman–Crippen MR) is 105 cm³/mol. The minimum Gasteiger partial charge on any atom is -0.387 e. The lowest BCUT2D eigenvalue weighted by Crippen LogP contribution is -2.32. The van der Waals surface area contributed by atoms with Crippen LogP contribution < -0.4 is 5.32 Å². The lowest BCUT2D eigenvalue weighted by atomic mass is 9.94. The fourth-order valence-corrected chi connectivity index (χ4v) is 3.69. The average molecular weight is 404 g/mol. The number of hydrogen-bond donors (Lipinski definition) is 3. The van der Waals surface area contributed by atoms with Crippen LogP contribution in [0.25, 0.3) is 11.2 Å². The minimum absolute atomic E-state index is 0.0778. The zero-order valence-electron chi connectivity index (χ0n) is 15.5. The average Bonchev–Trinajstić information content (AvgIpc) is 3.24. The van der Waals surface area contributed by atoms with Gasteiger partial charge in [-0.25, -0.2) is 15.0 Å². The second kappa shape index (κ2) is 7.29. The number of aliphatic hydroxyl groups is 2. The Morgan fingerprint density at radius 2 is 1.89 bits per heavy atom. The van der Waals surface area contributed by atoms with Crippen molar-refractivity contribution < 1.29 is 14.9 Å². The molecule has 28 heavy (non-hydrogen) atoms. The normalized spacial score (nSPS) is 25.3. The van der Waals surface area contributed by atoms with Crippen LogP contribution in [0.4, 0.5) is 5.82 Å². The number of rotatable bonds is 5. The SMILES string of the molecule is CC(C)(Nc1ncnc2c1ncn2[C@H]1O[C@H](CCl)[C@@H](O)[C@H]1O)c1ccccc1. The second-order valence-electron chi connectivity index (χ2n) is 7.36. The van der Waals surface area contributed by atoms with E-state index in [2.05, 4.69) is 34.1 Å². The fourth-order valence-electron chi connectivity index (χ4n) is 3.44. The van der Waals surface area contributed by atoms with Crippen LogP contribution in [0.5, 0.6) is 0 Å². The Balaban J connectivity index is 1.68. The van der Waals surface area contributed by atoms with Gasteiger partial charge in [0.1, 0.15) is 24.6 Å². The summed E-state index contributed by atoms with van der Waals surface area (Å²) in [5, 5.41) is 23.9. The van der Waals surface area contributed by atoms with Crippen LogP contribution in [0.1, 0.15) is 25.6 Å². The zero-order chi connectivity index (χ0) is 19.9. The molecule has 3 heterocycles. The molecule has 3 aromatic rings. The molecule has 2 aromatic heterocycles. The lowest BCUT2D eigenvalue weighted by molar-refractivity contribution is -0.0291. The van der Waals surface area contributed by atoms with Crippen LogP contribution in [-0.4, -0.2) is 53.9 Å². The fraction of sp³-hybridized carbons (Fsp3) is 0.421. The number of nitrogens with one attached hydrogen (secondary N) is 1. The topological polar surface area (TPSA) is 105 Å². The summed E-state index contributed by atoms with van der Waals surface area (Å²) in [6.07, 6.45) is -0.730. The molecule has 0 amide bonds. The van der Waals surface area contributed by atoms with Gasteiger partial charge in [-0.15, -0.1) is 11.6 Å². The Kier molecular flexibility index (Phi) is 4.96. The van der Waals surface area contributed by atoms with Gasteiger partial charge in [-0.2, -0.15) is 0 Å². The van der Waals surface area contributed by atoms with Crippen LogP contribution in [0, 0.1) is 0 Å². The van der Waals surface area contributed by atoms with E-state index in [1.165, 1.54) is 12.7 Å². The number of imidazole rings is 1. The van der Waals surface area contributed by atoms with Crippen LogP contribution in [0.15, 0.2) is 43.0 Å². The molecule has 4 rings (SSSR count). The monoisotopic (exact) mass is 403 g/mol. The molecule has 0 aliphatic carbocycles. The van der Waals surface area contributed by atoms with Gasteiger partial charge in [0.25, 0.3) is 0 Å². The van der Waals surface area contributed by atoms with Crippen LogP contribution in [-0.2, 0) is 10.3 Å². The number of ether oxygens (including phenoxy) is 1. The first-order valence-electron chi connectivity index (χ1n) is 9.01. The van der Waals surface area contributed by atoms with Crippen molar-refractivity contribution in [1.82, 2.24) is 19.5 Å². The first-order chi connectivity index (χ1) is 13.4. The van der Waals surface area contributed by atoms with Crippen molar-refractivity contribution in [3.8, 4) is 0 Å². The maximum absolute atomic E-state index is 10.4. The van der Waals surface area contributed by atoms with E-state index in [4.69, 9.17) is 16.3 Å². The zero-order valence-corrected chi connectivity index (χ0v) is 16.3. The smallest absolute Gasteiger partial charge is 0.167 e. The third-order valence-corrected chi connectivity index (χ3v) is 5.35. The number of fused-ring (bicyclic) bond motifs is 1. The summed E-state index contributed by atoms with van der Waals surface area (Å²) in [5.74, 6) is 0.647. The molecular weight excluding hydrogens is 382 g/mol. The van der Waals surface area contributed by atoms with E-state index in [0.29, 0.717) is 17.0 Å². The molecule has 9 heteroatoms. The summed E-state index contributed by atoms with van der Waals surface area (Å²) in [6.45, 7) is 4.11. The maximum Gasteiger partial charge on any atom is 0.167 e. The summed E-state index contributed by atoms with van der Waals surface area (Å²) < 4.78 is 7.30. The Morgan fingerprint density at radius 1 is 1.14 bits per heavy atom. The highest BCUT2D eigenvalue weighted by Gasteiger charge is 2.44. The van der Waals surface area contributed by atoms with Crippen LogP contribution in [0.3, 0.4) is 0 Å². The van der Waals surface area contributed by atoms with E-state index in [1.54, 1.807) is 4.57 Å². The Morgan fingerprint density at radius 3 is 2.57 bits per heavy atom.